The van der Waals surface area contributed by atoms with Gasteiger partial charge in [-0.2, -0.15) is 0 Å². The number of halogens is 1. The molecule has 24 heavy (non-hydrogen) atoms. The highest BCUT2D eigenvalue weighted by Crippen LogP contribution is 2.38. The molecule has 0 aliphatic carbocycles. The van der Waals surface area contributed by atoms with Crippen molar-refractivity contribution in [3.63, 3.8) is 0 Å². The van der Waals surface area contributed by atoms with Crippen LogP contribution in [0.2, 0.25) is 0 Å². The highest BCUT2D eigenvalue weighted by atomic mass is 35.5. The molecule has 1 fully saturated rings. The Hall–Kier alpha value is -0.810. The van der Waals surface area contributed by atoms with Crippen molar-refractivity contribution in [1.82, 2.24) is 10.2 Å². The van der Waals surface area contributed by atoms with E-state index in [1.165, 1.54) is 5.56 Å². The summed E-state index contributed by atoms with van der Waals surface area (Å²) >= 11 is 0. The van der Waals surface area contributed by atoms with Gasteiger partial charge in [0, 0.05) is 44.2 Å². The van der Waals surface area contributed by atoms with Crippen LogP contribution in [-0.4, -0.2) is 48.4 Å². The molecule has 0 radical (unpaired) electrons. The Morgan fingerprint density at radius 1 is 1.08 bits per heavy atom. The molecule has 0 unspecified atom stereocenters. The van der Waals surface area contributed by atoms with Crippen LogP contribution in [0.3, 0.4) is 0 Å². The maximum absolute atomic E-state index is 9.90. The van der Waals surface area contributed by atoms with Gasteiger partial charge in [0.2, 0.25) is 0 Å². The Morgan fingerprint density at radius 3 is 2.08 bits per heavy atom. The first-order valence-electron chi connectivity index (χ1n) is 8.57. The quantitative estimate of drug-likeness (QED) is 0.850. The molecule has 0 aromatic heterocycles. The van der Waals surface area contributed by atoms with Crippen molar-refractivity contribution in [2.24, 2.45) is 5.41 Å². The smallest absolute Gasteiger partial charge is 0.120 e. The predicted octanol–water partition coefficient (Wildman–Crippen LogP) is 3.25. The zero-order chi connectivity index (χ0) is 17.1. The number of hydrogen-bond acceptors (Lipinski definition) is 4. The van der Waals surface area contributed by atoms with E-state index < -0.39 is 0 Å². The van der Waals surface area contributed by atoms with E-state index in [1.54, 1.807) is 0 Å². The van der Waals surface area contributed by atoms with Crippen LogP contribution >= 0.6 is 12.4 Å². The lowest BCUT2D eigenvalue weighted by Crippen LogP contribution is -2.49. The summed E-state index contributed by atoms with van der Waals surface area (Å²) in [6.07, 6.45) is 0. The van der Waals surface area contributed by atoms with Gasteiger partial charge in [0.25, 0.3) is 0 Å². The zero-order valence-corrected chi connectivity index (χ0v) is 16.4. The van der Waals surface area contributed by atoms with Crippen LogP contribution in [0.1, 0.15) is 46.2 Å². The maximum Gasteiger partial charge on any atom is 0.120 e. The van der Waals surface area contributed by atoms with Crippen LogP contribution < -0.4 is 10.1 Å². The molecule has 1 saturated heterocycles. The topological polar surface area (TPSA) is 44.7 Å². The Bertz CT molecular complexity index is 491. The number of ether oxygens (including phenoxy) is 1. The van der Waals surface area contributed by atoms with Crippen LogP contribution in [-0.2, 0) is 0 Å². The van der Waals surface area contributed by atoms with Gasteiger partial charge < -0.3 is 15.2 Å². The lowest BCUT2D eigenvalue weighted by Gasteiger charge is -2.43. The molecule has 1 aromatic carbocycles. The van der Waals surface area contributed by atoms with Crippen molar-refractivity contribution in [1.29, 1.82) is 0 Å². The van der Waals surface area contributed by atoms with Crippen molar-refractivity contribution in [3.8, 4) is 5.75 Å². The molecule has 2 N–H and O–H groups in total. The van der Waals surface area contributed by atoms with Gasteiger partial charge in [0.05, 0.1) is 0 Å². The lowest BCUT2D eigenvalue weighted by atomic mass is 9.79. The fourth-order valence-corrected chi connectivity index (χ4v) is 3.25. The Balaban J connectivity index is 0.00000288. The van der Waals surface area contributed by atoms with Gasteiger partial charge in [0.1, 0.15) is 11.4 Å². The van der Waals surface area contributed by atoms with Crippen LogP contribution in [0.25, 0.3) is 0 Å². The van der Waals surface area contributed by atoms with E-state index in [-0.39, 0.29) is 36.1 Å². The molecule has 1 aliphatic rings. The van der Waals surface area contributed by atoms with Crippen molar-refractivity contribution >= 4 is 12.4 Å². The second kappa shape index (κ2) is 8.52. The van der Waals surface area contributed by atoms with Gasteiger partial charge in [-0.15, -0.1) is 12.4 Å². The average molecular weight is 357 g/mol. The predicted molar refractivity (Wildman–Crippen MR) is 102 cm³/mol. The Kier molecular flexibility index (Phi) is 7.54. The summed E-state index contributed by atoms with van der Waals surface area (Å²) in [5.74, 6) is 0.891. The summed E-state index contributed by atoms with van der Waals surface area (Å²) < 4.78 is 5.92. The normalized spacial score (nSPS) is 17.9. The minimum atomic E-state index is -0.191. The molecule has 5 heteroatoms. The number of nitrogens with zero attached hydrogens (tertiary/aromatic N) is 1. The van der Waals surface area contributed by atoms with Gasteiger partial charge in [-0.25, -0.2) is 0 Å². The minimum Gasteiger partial charge on any atom is -0.488 e. The molecule has 4 nitrogen and oxygen atoms in total. The van der Waals surface area contributed by atoms with Crippen LogP contribution in [0.4, 0.5) is 0 Å². The Morgan fingerprint density at radius 2 is 1.62 bits per heavy atom. The molecule has 0 saturated carbocycles. The maximum atomic E-state index is 9.90. The standard InChI is InChI=1S/C19H32N2O2.ClH/c1-18(2,3)23-16-8-6-15(7-9-16)17(19(4,5)14-22)21-12-10-20-11-13-21;/h6-9,17,20,22H,10-14H2,1-5H3;1H/t17-;/m1./s1. The molecule has 2 rings (SSSR count). The molecule has 1 aromatic rings. The van der Waals surface area contributed by atoms with Crippen molar-refractivity contribution in [3.05, 3.63) is 29.8 Å². The first kappa shape index (κ1) is 21.2. The van der Waals surface area contributed by atoms with E-state index in [0.717, 1.165) is 31.9 Å². The fraction of sp³-hybridized carbons (Fsp3) is 0.684. The van der Waals surface area contributed by atoms with Crippen molar-refractivity contribution < 1.29 is 9.84 Å². The summed E-state index contributed by atoms with van der Waals surface area (Å²) in [7, 11) is 0. The van der Waals surface area contributed by atoms with Crippen LogP contribution in [0.15, 0.2) is 24.3 Å². The number of hydrogen-bond donors (Lipinski definition) is 2. The van der Waals surface area contributed by atoms with E-state index in [0.29, 0.717) is 0 Å². The van der Waals surface area contributed by atoms with E-state index >= 15 is 0 Å². The third kappa shape index (κ3) is 5.62. The van der Waals surface area contributed by atoms with Gasteiger partial charge >= 0.3 is 0 Å². The largest absolute Gasteiger partial charge is 0.488 e. The van der Waals surface area contributed by atoms with Crippen LogP contribution in [0.5, 0.6) is 5.75 Å². The lowest BCUT2D eigenvalue weighted by molar-refractivity contribution is 0.0304. The monoisotopic (exact) mass is 356 g/mol. The molecular formula is C19H33ClN2O2. The third-order valence-electron chi connectivity index (χ3n) is 4.28. The summed E-state index contributed by atoms with van der Waals surface area (Å²) in [4.78, 5) is 2.48. The molecular weight excluding hydrogens is 324 g/mol. The Labute approximate surface area is 153 Å². The molecule has 1 heterocycles. The number of aliphatic hydroxyl groups is 1. The summed E-state index contributed by atoms with van der Waals surface area (Å²) in [6.45, 7) is 14.6. The highest BCUT2D eigenvalue weighted by molar-refractivity contribution is 5.85. The second-order valence-corrected chi connectivity index (χ2v) is 8.12. The van der Waals surface area contributed by atoms with Gasteiger partial charge in [0.15, 0.2) is 0 Å². The second-order valence-electron chi connectivity index (χ2n) is 8.12. The number of nitrogens with one attached hydrogen (secondary N) is 1. The molecule has 1 atom stereocenters. The number of benzene rings is 1. The van der Waals surface area contributed by atoms with Gasteiger partial charge in [-0.3, -0.25) is 4.90 Å². The van der Waals surface area contributed by atoms with Crippen molar-refractivity contribution in [2.45, 2.75) is 46.3 Å². The van der Waals surface area contributed by atoms with E-state index in [4.69, 9.17) is 4.74 Å². The van der Waals surface area contributed by atoms with Gasteiger partial charge in [-0.05, 0) is 38.5 Å². The van der Waals surface area contributed by atoms with Crippen molar-refractivity contribution in [2.75, 3.05) is 32.8 Å². The van der Waals surface area contributed by atoms with E-state index in [1.807, 2.05) is 12.1 Å². The van der Waals surface area contributed by atoms with Crippen LogP contribution in [0, 0.1) is 5.41 Å². The molecule has 138 valence electrons. The molecule has 0 spiro atoms. The number of piperazine rings is 1. The van der Waals surface area contributed by atoms with E-state index in [2.05, 4.69) is 57.0 Å². The van der Waals surface area contributed by atoms with Gasteiger partial charge in [-0.1, -0.05) is 26.0 Å². The third-order valence-corrected chi connectivity index (χ3v) is 4.28. The first-order valence-corrected chi connectivity index (χ1v) is 8.57. The summed E-state index contributed by atoms with van der Waals surface area (Å²) in [5, 5.41) is 13.3. The number of rotatable bonds is 5. The first-order chi connectivity index (χ1) is 10.7. The highest BCUT2D eigenvalue weighted by Gasteiger charge is 2.35. The summed E-state index contributed by atoms with van der Waals surface area (Å²) in [5.41, 5.74) is 0.861. The molecule has 1 aliphatic heterocycles. The van der Waals surface area contributed by atoms with E-state index in [9.17, 15) is 5.11 Å². The summed E-state index contributed by atoms with van der Waals surface area (Å²) in [6, 6.07) is 8.58. The molecule has 0 amide bonds. The average Bonchev–Trinajstić information content (AvgIpc) is 2.49. The fourth-order valence-electron chi connectivity index (χ4n) is 3.25. The zero-order valence-electron chi connectivity index (χ0n) is 15.6. The SMILES string of the molecule is CC(C)(C)Oc1ccc([C@@H](N2CCNCC2)C(C)(C)CO)cc1.Cl. The minimum absolute atomic E-state index is 0. The number of aliphatic hydroxyl groups excluding tert-OH is 1. The molecule has 0 bridgehead atoms.